The number of methoxy groups -OCH3 is 1. The number of esters is 1. The molecule has 0 amide bonds. The SMILES string of the molecule is COc1cc(/C=C2\N=C(c3ccc(-c4ccccc4)cc3)OC2=O)cc(Br)c1OCc1ccccc1Br. The van der Waals surface area contributed by atoms with Gasteiger partial charge in [-0.3, -0.25) is 0 Å². The first-order valence-corrected chi connectivity index (χ1v) is 13.0. The van der Waals surface area contributed by atoms with Crippen LogP contribution in [0.15, 0.2) is 111 Å². The fourth-order valence-electron chi connectivity index (χ4n) is 3.85. The smallest absolute Gasteiger partial charge is 0.363 e. The summed E-state index contributed by atoms with van der Waals surface area (Å²) in [5.41, 5.74) is 4.85. The van der Waals surface area contributed by atoms with Crippen molar-refractivity contribution in [1.29, 1.82) is 0 Å². The van der Waals surface area contributed by atoms with Gasteiger partial charge in [-0.15, -0.1) is 0 Å². The Balaban J connectivity index is 1.37. The van der Waals surface area contributed by atoms with E-state index >= 15 is 0 Å². The van der Waals surface area contributed by atoms with E-state index in [0.29, 0.717) is 28.1 Å². The Morgan fingerprint density at radius 2 is 1.51 bits per heavy atom. The highest BCUT2D eigenvalue weighted by Gasteiger charge is 2.24. The van der Waals surface area contributed by atoms with E-state index in [9.17, 15) is 4.79 Å². The van der Waals surface area contributed by atoms with Crippen molar-refractivity contribution in [3.63, 3.8) is 0 Å². The first-order chi connectivity index (χ1) is 18.0. The van der Waals surface area contributed by atoms with Crippen LogP contribution in [-0.2, 0) is 16.1 Å². The van der Waals surface area contributed by atoms with E-state index in [1.54, 1.807) is 19.3 Å². The normalized spacial score (nSPS) is 13.9. The van der Waals surface area contributed by atoms with Gasteiger partial charge in [-0.05, 0) is 69.0 Å². The fourth-order valence-corrected chi connectivity index (χ4v) is 4.83. The van der Waals surface area contributed by atoms with Crippen molar-refractivity contribution >= 4 is 49.8 Å². The van der Waals surface area contributed by atoms with Gasteiger partial charge in [0.1, 0.15) is 6.61 Å². The Morgan fingerprint density at radius 1 is 0.838 bits per heavy atom. The average molecular weight is 619 g/mol. The van der Waals surface area contributed by atoms with Gasteiger partial charge >= 0.3 is 5.97 Å². The standard InChI is InChI=1S/C30H21Br2NO4/c1-35-27-17-19(15-25(32)28(27)36-18-23-9-5-6-10-24(23)31)16-26-30(34)37-29(33-26)22-13-11-21(12-14-22)20-7-3-2-4-8-20/h2-17H,18H2,1H3/b26-16-. The van der Waals surface area contributed by atoms with E-state index in [1.807, 2.05) is 84.9 Å². The van der Waals surface area contributed by atoms with Gasteiger partial charge in [0.15, 0.2) is 17.2 Å². The van der Waals surface area contributed by atoms with E-state index in [0.717, 1.165) is 26.7 Å². The molecule has 1 aliphatic heterocycles. The van der Waals surface area contributed by atoms with Gasteiger partial charge in [0.2, 0.25) is 5.90 Å². The van der Waals surface area contributed by atoms with Crippen molar-refractivity contribution in [3.05, 3.63) is 122 Å². The molecule has 0 saturated heterocycles. The molecule has 5 nitrogen and oxygen atoms in total. The number of carbonyl (C=O) groups excluding carboxylic acids is 1. The Bertz CT molecular complexity index is 1510. The fraction of sp³-hybridized carbons (Fsp3) is 0.0667. The van der Waals surface area contributed by atoms with Crippen LogP contribution in [0.25, 0.3) is 17.2 Å². The van der Waals surface area contributed by atoms with Crippen molar-refractivity contribution in [2.24, 2.45) is 4.99 Å². The van der Waals surface area contributed by atoms with Gasteiger partial charge < -0.3 is 14.2 Å². The molecule has 0 unspecified atom stereocenters. The highest BCUT2D eigenvalue weighted by atomic mass is 79.9. The van der Waals surface area contributed by atoms with Gasteiger partial charge in [0, 0.05) is 15.6 Å². The Hall–Kier alpha value is -3.68. The molecule has 0 radical (unpaired) electrons. The van der Waals surface area contributed by atoms with E-state index < -0.39 is 5.97 Å². The van der Waals surface area contributed by atoms with Crippen molar-refractivity contribution in [2.45, 2.75) is 6.61 Å². The molecule has 0 atom stereocenters. The van der Waals surface area contributed by atoms with Gasteiger partial charge in [-0.25, -0.2) is 9.79 Å². The number of rotatable bonds is 7. The van der Waals surface area contributed by atoms with Crippen LogP contribution in [0.4, 0.5) is 0 Å². The molecule has 37 heavy (non-hydrogen) atoms. The second kappa shape index (κ2) is 11.2. The zero-order valence-electron chi connectivity index (χ0n) is 19.8. The summed E-state index contributed by atoms with van der Waals surface area (Å²) in [5.74, 6) is 0.860. The quantitative estimate of drug-likeness (QED) is 0.157. The van der Waals surface area contributed by atoms with Crippen molar-refractivity contribution in [3.8, 4) is 22.6 Å². The first-order valence-electron chi connectivity index (χ1n) is 11.4. The minimum absolute atomic E-state index is 0.206. The third-order valence-corrected chi connectivity index (χ3v) is 7.11. The molecule has 1 aliphatic rings. The Labute approximate surface area is 231 Å². The summed E-state index contributed by atoms with van der Waals surface area (Å²) in [7, 11) is 1.57. The van der Waals surface area contributed by atoms with Crippen LogP contribution in [0.1, 0.15) is 16.7 Å². The minimum Gasteiger partial charge on any atom is -0.493 e. The van der Waals surface area contributed by atoms with E-state index in [4.69, 9.17) is 14.2 Å². The van der Waals surface area contributed by atoms with Gasteiger partial charge in [0.05, 0.1) is 11.6 Å². The van der Waals surface area contributed by atoms with Crippen LogP contribution in [0.2, 0.25) is 0 Å². The van der Waals surface area contributed by atoms with Crippen LogP contribution in [0, 0.1) is 0 Å². The zero-order valence-corrected chi connectivity index (χ0v) is 23.0. The maximum Gasteiger partial charge on any atom is 0.363 e. The van der Waals surface area contributed by atoms with Crippen LogP contribution >= 0.6 is 31.9 Å². The molecule has 4 aromatic carbocycles. The molecule has 0 fully saturated rings. The van der Waals surface area contributed by atoms with Crippen LogP contribution in [0.5, 0.6) is 11.5 Å². The number of benzene rings is 4. The van der Waals surface area contributed by atoms with E-state index in [-0.39, 0.29) is 11.6 Å². The second-order valence-corrected chi connectivity index (χ2v) is 9.90. The lowest BCUT2D eigenvalue weighted by Gasteiger charge is -2.14. The molecular formula is C30H21Br2NO4. The Kier molecular flexibility index (Phi) is 7.53. The highest BCUT2D eigenvalue weighted by Crippen LogP contribution is 2.38. The number of halogens is 2. The molecule has 1 heterocycles. The molecule has 4 aromatic rings. The zero-order chi connectivity index (χ0) is 25.8. The summed E-state index contributed by atoms with van der Waals surface area (Å²) in [4.78, 5) is 17.0. The third-order valence-electron chi connectivity index (χ3n) is 5.74. The number of hydrogen-bond donors (Lipinski definition) is 0. The van der Waals surface area contributed by atoms with Gasteiger partial charge in [-0.1, -0.05) is 76.6 Å². The van der Waals surface area contributed by atoms with Crippen LogP contribution in [-0.4, -0.2) is 19.0 Å². The van der Waals surface area contributed by atoms with E-state index in [2.05, 4.69) is 36.9 Å². The maximum atomic E-state index is 12.6. The second-order valence-electron chi connectivity index (χ2n) is 8.19. The number of hydrogen-bond acceptors (Lipinski definition) is 5. The molecule has 0 aromatic heterocycles. The van der Waals surface area contributed by atoms with Crippen molar-refractivity contribution in [2.75, 3.05) is 7.11 Å². The molecule has 0 spiro atoms. The lowest BCUT2D eigenvalue weighted by atomic mass is 10.0. The van der Waals surface area contributed by atoms with Crippen LogP contribution < -0.4 is 9.47 Å². The molecule has 184 valence electrons. The molecule has 0 saturated carbocycles. The molecule has 7 heteroatoms. The number of nitrogens with zero attached hydrogens (tertiary/aromatic N) is 1. The maximum absolute atomic E-state index is 12.6. The van der Waals surface area contributed by atoms with Crippen molar-refractivity contribution < 1.29 is 19.0 Å². The van der Waals surface area contributed by atoms with Gasteiger partial charge in [-0.2, -0.15) is 0 Å². The number of aliphatic imine (C=N–C) groups is 1. The predicted octanol–water partition coefficient (Wildman–Crippen LogP) is 7.81. The summed E-state index contributed by atoms with van der Waals surface area (Å²) in [5, 5.41) is 0. The predicted molar refractivity (Wildman–Crippen MR) is 152 cm³/mol. The summed E-state index contributed by atoms with van der Waals surface area (Å²) >= 11 is 7.11. The largest absolute Gasteiger partial charge is 0.493 e. The monoisotopic (exact) mass is 617 g/mol. The third kappa shape index (κ3) is 5.68. The van der Waals surface area contributed by atoms with Crippen molar-refractivity contribution in [1.82, 2.24) is 0 Å². The molecular weight excluding hydrogens is 598 g/mol. The average Bonchev–Trinajstić information content (AvgIpc) is 3.29. The Morgan fingerprint density at radius 3 is 2.24 bits per heavy atom. The molecule has 0 aliphatic carbocycles. The minimum atomic E-state index is -0.508. The topological polar surface area (TPSA) is 57.1 Å². The summed E-state index contributed by atoms with van der Waals surface area (Å²) in [6.07, 6.45) is 1.67. The van der Waals surface area contributed by atoms with Crippen LogP contribution in [0.3, 0.4) is 0 Å². The van der Waals surface area contributed by atoms with Gasteiger partial charge in [0.25, 0.3) is 0 Å². The lowest BCUT2D eigenvalue weighted by Crippen LogP contribution is -2.05. The summed E-state index contributed by atoms with van der Waals surface area (Å²) < 4.78 is 18.7. The highest BCUT2D eigenvalue weighted by molar-refractivity contribution is 9.10. The van der Waals surface area contributed by atoms with E-state index in [1.165, 1.54) is 0 Å². The molecule has 5 rings (SSSR count). The molecule has 0 bridgehead atoms. The number of ether oxygens (including phenoxy) is 3. The molecule has 0 N–H and O–H groups in total. The summed E-state index contributed by atoms with van der Waals surface area (Å²) in [6.45, 7) is 0.361. The lowest BCUT2D eigenvalue weighted by molar-refractivity contribution is -0.129. The number of carbonyl (C=O) groups is 1. The summed E-state index contributed by atoms with van der Waals surface area (Å²) in [6, 6.07) is 29.3. The number of cyclic esters (lactones) is 1. The first kappa shape index (κ1) is 25.0.